The fraction of sp³-hybridized carbons (Fsp3) is 1.00. The van der Waals surface area contributed by atoms with Crippen LogP contribution in [0.25, 0.3) is 0 Å². The highest BCUT2D eigenvalue weighted by atomic mass is 35.5. The van der Waals surface area contributed by atoms with Crippen molar-refractivity contribution in [3.63, 3.8) is 0 Å². The number of rotatable bonds is 9. The lowest BCUT2D eigenvalue weighted by Gasteiger charge is -2.28. The van der Waals surface area contributed by atoms with Crippen LogP contribution in [0.4, 0.5) is 0 Å². The molecule has 0 rings (SSSR count). The van der Waals surface area contributed by atoms with Crippen LogP contribution >= 0.6 is 11.6 Å². The normalized spacial score (nSPS) is 14.2. The van der Waals surface area contributed by atoms with Crippen molar-refractivity contribution in [1.82, 2.24) is 0 Å². The van der Waals surface area contributed by atoms with E-state index in [0.29, 0.717) is 19.1 Å². The van der Waals surface area contributed by atoms with Crippen molar-refractivity contribution < 1.29 is 13.3 Å². The van der Waals surface area contributed by atoms with E-state index in [2.05, 4.69) is 0 Å². The molecular formula is C10H23ClO3Si. The predicted octanol–water partition coefficient (Wildman–Crippen LogP) is 3.05. The molecule has 0 aliphatic carbocycles. The molecule has 92 valence electrons. The van der Waals surface area contributed by atoms with Crippen molar-refractivity contribution in [2.45, 2.75) is 46.3 Å². The topological polar surface area (TPSA) is 27.7 Å². The van der Waals surface area contributed by atoms with Crippen molar-refractivity contribution in [2.75, 3.05) is 19.1 Å². The minimum Gasteiger partial charge on any atom is -0.374 e. The molecule has 15 heavy (non-hydrogen) atoms. The van der Waals surface area contributed by atoms with Gasteiger partial charge < -0.3 is 13.3 Å². The molecule has 0 bridgehead atoms. The first-order chi connectivity index (χ1) is 7.08. The van der Waals surface area contributed by atoms with Gasteiger partial charge in [-0.1, -0.05) is 0 Å². The minimum absolute atomic E-state index is 0.151. The second-order valence-corrected chi connectivity index (χ2v) is 6.40. The molecule has 0 aliphatic heterocycles. The van der Waals surface area contributed by atoms with Crippen LogP contribution in [0.3, 0.4) is 0 Å². The Labute approximate surface area is 99.4 Å². The molecule has 3 nitrogen and oxygen atoms in total. The van der Waals surface area contributed by atoms with Crippen LogP contribution in [0, 0.1) is 0 Å². The van der Waals surface area contributed by atoms with Crippen molar-refractivity contribution in [2.24, 2.45) is 0 Å². The molecule has 0 aliphatic rings. The molecule has 0 aromatic carbocycles. The van der Waals surface area contributed by atoms with E-state index >= 15 is 0 Å². The van der Waals surface area contributed by atoms with Crippen LogP contribution < -0.4 is 0 Å². The molecule has 0 spiro atoms. The van der Waals surface area contributed by atoms with Gasteiger partial charge in [0.25, 0.3) is 0 Å². The van der Waals surface area contributed by atoms with Gasteiger partial charge in [0, 0.05) is 31.7 Å². The summed E-state index contributed by atoms with van der Waals surface area (Å²) >= 11 is 5.63. The van der Waals surface area contributed by atoms with Crippen molar-refractivity contribution in [3.05, 3.63) is 0 Å². The highest BCUT2D eigenvalue weighted by Gasteiger charge is 2.35. The lowest BCUT2D eigenvalue weighted by Crippen LogP contribution is -2.45. The molecule has 0 amide bonds. The molecule has 0 aromatic rings. The van der Waals surface area contributed by atoms with E-state index in [1.807, 2.05) is 27.3 Å². The van der Waals surface area contributed by atoms with Crippen molar-refractivity contribution in [3.8, 4) is 0 Å². The van der Waals surface area contributed by atoms with E-state index in [4.69, 9.17) is 24.9 Å². The molecule has 1 unspecified atom stereocenters. The van der Waals surface area contributed by atoms with E-state index < -0.39 is 8.80 Å². The van der Waals surface area contributed by atoms with Gasteiger partial charge in [0.2, 0.25) is 0 Å². The molecule has 0 radical (unpaired) electrons. The van der Waals surface area contributed by atoms with Gasteiger partial charge in [-0.2, -0.15) is 0 Å². The first kappa shape index (κ1) is 15.4. The lowest BCUT2D eigenvalue weighted by atomic mass is 10.2. The number of alkyl halides is 1. The summed E-state index contributed by atoms with van der Waals surface area (Å²) in [4.78, 5) is 0. The third-order valence-electron chi connectivity index (χ3n) is 1.97. The van der Waals surface area contributed by atoms with Gasteiger partial charge in [-0.25, -0.2) is 0 Å². The van der Waals surface area contributed by atoms with Gasteiger partial charge in [0.1, 0.15) is 0 Å². The number of hydrogen-bond donors (Lipinski definition) is 0. The maximum absolute atomic E-state index is 5.86. The van der Waals surface area contributed by atoms with E-state index in [1.54, 1.807) is 0 Å². The van der Waals surface area contributed by atoms with Crippen LogP contribution in [0.15, 0.2) is 0 Å². The summed E-state index contributed by atoms with van der Waals surface area (Å²) in [7, 11) is -2.41. The average molecular weight is 255 g/mol. The summed E-state index contributed by atoms with van der Waals surface area (Å²) < 4.78 is 17.0. The number of halogens is 1. The SMILES string of the molecule is CCO[Si](C)(OCC)OC(C)CCCCl. The molecule has 0 aromatic heterocycles. The maximum atomic E-state index is 5.86. The molecule has 0 heterocycles. The van der Waals surface area contributed by atoms with Crippen LogP contribution in [0.1, 0.15) is 33.6 Å². The molecule has 1 atom stereocenters. The second-order valence-electron chi connectivity index (χ2n) is 3.49. The molecule has 0 saturated carbocycles. The van der Waals surface area contributed by atoms with E-state index in [9.17, 15) is 0 Å². The zero-order valence-corrected chi connectivity index (χ0v) is 12.0. The zero-order chi connectivity index (χ0) is 11.7. The van der Waals surface area contributed by atoms with Crippen LogP contribution in [0.5, 0.6) is 0 Å². The summed E-state index contributed by atoms with van der Waals surface area (Å²) in [6, 6.07) is 0. The molecule has 5 heteroatoms. The molecular weight excluding hydrogens is 232 g/mol. The lowest BCUT2D eigenvalue weighted by molar-refractivity contribution is 0.0415. The Morgan fingerprint density at radius 2 is 1.73 bits per heavy atom. The average Bonchev–Trinajstić information content (AvgIpc) is 2.15. The van der Waals surface area contributed by atoms with E-state index in [-0.39, 0.29) is 6.10 Å². The Kier molecular flexibility index (Phi) is 8.75. The Hall–Kier alpha value is 0.387. The third kappa shape index (κ3) is 7.30. The summed E-state index contributed by atoms with van der Waals surface area (Å²) in [6.45, 7) is 9.15. The first-order valence-corrected chi connectivity index (χ1v) is 8.35. The second kappa shape index (κ2) is 8.53. The Balaban J connectivity index is 4.02. The fourth-order valence-electron chi connectivity index (χ4n) is 1.42. The van der Waals surface area contributed by atoms with Gasteiger partial charge in [0.15, 0.2) is 0 Å². The standard InChI is InChI=1S/C10H23ClO3Si/c1-5-12-15(4,13-6-2)14-10(3)8-7-9-11/h10H,5-9H2,1-4H3. The summed E-state index contributed by atoms with van der Waals surface area (Å²) in [5.41, 5.74) is 0. The molecule has 0 fully saturated rings. The van der Waals surface area contributed by atoms with Gasteiger partial charge in [-0.05, 0) is 33.6 Å². The maximum Gasteiger partial charge on any atom is 0.497 e. The monoisotopic (exact) mass is 254 g/mol. The van der Waals surface area contributed by atoms with Crippen molar-refractivity contribution in [1.29, 1.82) is 0 Å². The quantitative estimate of drug-likeness (QED) is 0.468. The van der Waals surface area contributed by atoms with Crippen molar-refractivity contribution >= 4 is 20.4 Å². The van der Waals surface area contributed by atoms with Gasteiger partial charge in [-0.15, -0.1) is 11.6 Å². The first-order valence-electron chi connectivity index (χ1n) is 5.59. The number of hydrogen-bond acceptors (Lipinski definition) is 3. The smallest absolute Gasteiger partial charge is 0.374 e. The Bertz CT molecular complexity index is 152. The van der Waals surface area contributed by atoms with Gasteiger partial charge >= 0.3 is 8.80 Å². The molecule has 0 saturated heterocycles. The van der Waals surface area contributed by atoms with Crippen LogP contribution in [-0.4, -0.2) is 34.0 Å². The highest BCUT2D eigenvalue weighted by Crippen LogP contribution is 2.15. The van der Waals surface area contributed by atoms with E-state index in [0.717, 1.165) is 12.8 Å². The Morgan fingerprint density at radius 3 is 2.13 bits per heavy atom. The Morgan fingerprint density at radius 1 is 1.20 bits per heavy atom. The predicted molar refractivity (Wildman–Crippen MR) is 65.4 cm³/mol. The summed E-state index contributed by atoms with van der Waals surface area (Å²) in [6.07, 6.45) is 2.07. The largest absolute Gasteiger partial charge is 0.497 e. The van der Waals surface area contributed by atoms with E-state index in [1.165, 1.54) is 0 Å². The fourth-order valence-corrected chi connectivity index (χ4v) is 3.69. The van der Waals surface area contributed by atoms with Gasteiger partial charge in [-0.3, -0.25) is 0 Å². The summed E-state index contributed by atoms with van der Waals surface area (Å²) in [5.74, 6) is 0.676. The molecule has 0 N–H and O–H groups in total. The van der Waals surface area contributed by atoms with Crippen LogP contribution in [0.2, 0.25) is 6.55 Å². The minimum atomic E-state index is -2.41. The summed E-state index contributed by atoms with van der Waals surface area (Å²) in [5, 5.41) is 0. The highest BCUT2D eigenvalue weighted by molar-refractivity contribution is 6.59. The third-order valence-corrected chi connectivity index (χ3v) is 4.70. The van der Waals surface area contributed by atoms with Crippen LogP contribution in [-0.2, 0) is 13.3 Å². The van der Waals surface area contributed by atoms with Gasteiger partial charge in [0.05, 0.1) is 0 Å². The zero-order valence-electron chi connectivity index (χ0n) is 10.2.